The van der Waals surface area contributed by atoms with E-state index < -0.39 is 0 Å². The summed E-state index contributed by atoms with van der Waals surface area (Å²) in [7, 11) is 0. The van der Waals surface area contributed by atoms with Gasteiger partial charge in [-0.1, -0.05) is 64.8 Å². The van der Waals surface area contributed by atoms with Gasteiger partial charge in [-0.3, -0.25) is 0 Å². The van der Waals surface area contributed by atoms with Crippen molar-refractivity contribution in [3.05, 3.63) is 70.8 Å². The number of oxime groups is 1. The van der Waals surface area contributed by atoms with Gasteiger partial charge in [-0.15, -0.1) is 0 Å². The van der Waals surface area contributed by atoms with E-state index in [1.807, 2.05) is 0 Å². The quantitative estimate of drug-likeness (QED) is 0.791. The lowest BCUT2D eigenvalue weighted by molar-refractivity contribution is -0.00742. The van der Waals surface area contributed by atoms with Crippen LogP contribution in [-0.4, -0.2) is 5.71 Å². The number of hydrogen-bond acceptors (Lipinski definition) is 2. The normalized spacial score (nSPS) is 21.4. The van der Waals surface area contributed by atoms with E-state index in [0.29, 0.717) is 0 Å². The molecule has 20 heavy (non-hydrogen) atoms. The first-order valence-corrected chi connectivity index (χ1v) is 6.96. The summed E-state index contributed by atoms with van der Waals surface area (Å²) in [6.45, 7) is 6.30. The van der Waals surface area contributed by atoms with Crippen molar-refractivity contribution in [2.45, 2.75) is 32.8 Å². The SMILES string of the molecule is Cc1ccc(C2=NOC(C)(c3cccc(C)c3)C2)cc1. The molecule has 1 aliphatic rings. The summed E-state index contributed by atoms with van der Waals surface area (Å²) >= 11 is 0. The lowest BCUT2D eigenvalue weighted by atomic mass is 9.88. The number of benzene rings is 2. The van der Waals surface area contributed by atoms with Crippen LogP contribution in [0, 0.1) is 13.8 Å². The lowest BCUT2D eigenvalue weighted by Crippen LogP contribution is -2.22. The van der Waals surface area contributed by atoms with E-state index in [-0.39, 0.29) is 5.60 Å². The molecule has 0 radical (unpaired) electrons. The molecule has 2 aromatic rings. The van der Waals surface area contributed by atoms with Crippen molar-refractivity contribution in [1.82, 2.24) is 0 Å². The number of nitrogens with zero attached hydrogens (tertiary/aromatic N) is 1. The van der Waals surface area contributed by atoms with E-state index in [2.05, 4.69) is 74.5 Å². The molecule has 0 N–H and O–H groups in total. The molecule has 3 rings (SSSR count). The fourth-order valence-electron chi connectivity index (χ4n) is 2.57. The third-order valence-electron chi connectivity index (χ3n) is 3.88. The number of aryl methyl sites for hydroxylation is 2. The maximum atomic E-state index is 5.77. The molecule has 0 amide bonds. The Bertz CT molecular complexity index is 657. The second-order valence-corrected chi connectivity index (χ2v) is 5.77. The molecule has 0 aliphatic carbocycles. The molecule has 0 saturated heterocycles. The molecule has 2 nitrogen and oxygen atoms in total. The monoisotopic (exact) mass is 265 g/mol. The van der Waals surface area contributed by atoms with Gasteiger partial charge in [0.25, 0.3) is 0 Å². The Hall–Kier alpha value is -2.09. The smallest absolute Gasteiger partial charge is 0.165 e. The summed E-state index contributed by atoms with van der Waals surface area (Å²) in [5.74, 6) is 0. The van der Waals surface area contributed by atoms with Crippen molar-refractivity contribution < 1.29 is 4.84 Å². The van der Waals surface area contributed by atoms with Crippen LogP contribution in [0.1, 0.15) is 35.6 Å². The van der Waals surface area contributed by atoms with Gasteiger partial charge in [0, 0.05) is 6.42 Å². The van der Waals surface area contributed by atoms with Crippen LogP contribution in [0.5, 0.6) is 0 Å². The fourth-order valence-corrected chi connectivity index (χ4v) is 2.57. The van der Waals surface area contributed by atoms with Crippen LogP contribution in [0.4, 0.5) is 0 Å². The number of hydrogen-bond donors (Lipinski definition) is 0. The van der Waals surface area contributed by atoms with Crippen molar-refractivity contribution in [2.24, 2.45) is 5.16 Å². The van der Waals surface area contributed by atoms with Crippen LogP contribution in [0.15, 0.2) is 53.7 Å². The van der Waals surface area contributed by atoms with Gasteiger partial charge in [0.05, 0.1) is 5.71 Å². The molecule has 1 unspecified atom stereocenters. The number of rotatable bonds is 2. The first-order valence-electron chi connectivity index (χ1n) is 6.96. The maximum Gasteiger partial charge on any atom is 0.165 e. The van der Waals surface area contributed by atoms with Crippen molar-refractivity contribution in [1.29, 1.82) is 0 Å². The molecule has 0 bridgehead atoms. The van der Waals surface area contributed by atoms with E-state index in [4.69, 9.17) is 4.84 Å². The molecule has 0 fully saturated rings. The van der Waals surface area contributed by atoms with Gasteiger partial charge in [0.1, 0.15) is 0 Å². The molecular formula is C18H19NO. The molecule has 1 aliphatic heterocycles. The standard InChI is InChI=1S/C18H19NO/c1-13-7-9-15(10-8-13)17-12-18(3,20-19-17)16-6-4-5-14(2)11-16/h4-11H,12H2,1-3H3. The van der Waals surface area contributed by atoms with Gasteiger partial charge < -0.3 is 4.84 Å². The highest BCUT2D eigenvalue weighted by atomic mass is 16.7. The summed E-state index contributed by atoms with van der Waals surface area (Å²) in [5.41, 5.74) is 5.50. The van der Waals surface area contributed by atoms with Crippen LogP contribution in [0.25, 0.3) is 0 Å². The Morgan fingerprint density at radius 1 is 1.00 bits per heavy atom. The predicted molar refractivity (Wildman–Crippen MR) is 81.9 cm³/mol. The minimum atomic E-state index is -0.355. The molecule has 0 spiro atoms. The van der Waals surface area contributed by atoms with Gasteiger partial charge in [-0.25, -0.2) is 0 Å². The van der Waals surface area contributed by atoms with Crippen molar-refractivity contribution >= 4 is 5.71 Å². The topological polar surface area (TPSA) is 21.6 Å². The minimum Gasteiger partial charge on any atom is -0.384 e. The Labute approximate surface area is 120 Å². The molecular weight excluding hydrogens is 246 g/mol. The second kappa shape index (κ2) is 4.78. The largest absolute Gasteiger partial charge is 0.384 e. The average molecular weight is 265 g/mol. The first-order chi connectivity index (χ1) is 9.57. The Balaban J connectivity index is 1.86. The zero-order valence-electron chi connectivity index (χ0n) is 12.2. The van der Waals surface area contributed by atoms with Crippen LogP contribution in [-0.2, 0) is 10.4 Å². The third kappa shape index (κ3) is 2.34. The first kappa shape index (κ1) is 12.9. The predicted octanol–water partition coefficient (Wildman–Crippen LogP) is 4.34. The lowest BCUT2D eigenvalue weighted by Gasteiger charge is -2.22. The molecule has 1 heterocycles. The minimum absolute atomic E-state index is 0.355. The van der Waals surface area contributed by atoms with E-state index >= 15 is 0 Å². The summed E-state index contributed by atoms with van der Waals surface area (Å²) in [6, 6.07) is 16.9. The van der Waals surface area contributed by atoms with Crippen molar-refractivity contribution in [3.8, 4) is 0 Å². The maximum absolute atomic E-state index is 5.77. The summed E-state index contributed by atoms with van der Waals surface area (Å²) < 4.78 is 0. The van der Waals surface area contributed by atoms with E-state index in [9.17, 15) is 0 Å². The molecule has 102 valence electrons. The van der Waals surface area contributed by atoms with Gasteiger partial charge in [-0.2, -0.15) is 0 Å². The van der Waals surface area contributed by atoms with E-state index in [0.717, 1.165) is 17.7 Å². The summed E-state index contributed by atoms with van der Waals surface area (Å²) in [4.78, 5) is 5.77. The van der Waals surface area contributed by atoms with Gasteiger partial charge >= 0.3 is 0 Å². The highest BCUT2D eigenvalue weighted by Crippen LogP contribution is 2.36. The highest BCUT2D eigenvalue weighted by molar-refractivity contribution is 6.01. The highest BCUT2D eigenvalue weighted by Gasteiger charge is 2.36. The second-order valence-electron chi connectivity index (χ2n) is 5.77. The molecule has 1 atom stereocenters. The Kier molecular flexibility index (Phi) is 3.09. The third-order valence-corrected chi connectivity index (χ3v) is 3.88. The molecule has 2 heteroatoms. The molecule has 2 aromatic carbocycles. The Morgan fingerprint density at radius 2 is 1.75 bits per heavy atom. The van der Waals surface area contributed by atoms with Crippen molar-refractivity contribution in [2.75, 3.05) is 0 Å². The summed E-state index contributed by atoms with van der Waals surface area (Å²) in [6.07, 6.45) is 0.805. The zero-order valence-corrected chi connectivity index (χ0v) is 12.2. The van der Waals surface area contributed by atoms with E-state index in [1.54, 1.807) is 0 Å². The summed E-state index contributed by atoms with van der Waals surface area (Å²) in [5, 5.41) is 4.31. The van der Waals surface area contributed by atoms with Gasteiger partial charge in [-0.05, 0) is 31.9 Å². The van der Waals surface area contributed by atoms with E-state index in [1.165, 1.54) is 16.7 Å². The zero-order chi connectivity index (χ0) is 14.2. The van der Waals surface area contributed by atoms with Crippen molar-refractivity contribution in [3.63, 3.8) is 0 Å². The molecule has 0 aromatic heterocycles. The van der Waals surface area contributed by atoms with Crippen LogP contribution >= 0.6 is 0 Å². The van der Waals surface area contributed by atoms with Crippen LogP contribution < -0.4 is 0 Å². The van der Waals surface area contributed by atoms with Crippen LogP contribution in [0.3, 0.4) is 0 Å². The molecule has 0 saturated carbocycles. The van der Waals surface area contributed by atoms with Gasteiger partial charge in [0.15, 0.2) is 5.60 Å². The average Bonchev–Trinajstić information content (AvgIpc) is 2.84. The Morgan fingerprint density at radius 3 is 2.45 bits per heavy atom. The van der Waals surface area contributed by atoms with Gasteiger partial charge in [0.2, 0.25) is 0 Å². The van der Waals surface area contributed by atoms with Crippen LogP contribution in [0.2, 0.25) is 0 Å². The fraction of sp³-hybridized carbons (Fsp3) is 0.278.